The van der Waals surface area contributed by atoms with Gasteiger partial charge in [0.1, 0.15) is 6.26 Å². The first-order valence-corrected chi connectivity index (χ1v) is 12.3. The van der Waals surface area contributed by atoms with Crippen LogP contribution >= 0.6 is 11.3 Å². The minimum absolute atomic E-state index is 0.163. The van der Waals surface area contributed by atoms with Crippen molar-refractivity contribution >= 4 is 33.0 Å². The molecule has 0 unspecified atom stereocenters. The molecule has 31 heavy (non-hydrogen) atoms. The average Bonchev–Trinajstić information content (AvgIpc) is 3.51. The van der Waals surface area contributed by atoms with E-state index in [1.165, 1.54) is 54.0 Å². The summed E-state index contributed by atoms with van der Waals surface area (Å²) in [5.74, 6) is 0.744. The van der Waals surface area contributed by atoms with Crippen molar-refractivity contribution in [1.29, 1.82) is 0 Å². The summed E-state index contributed by atoms with van der Waals surface area (Å²) >= 11 is 1.82. The van der Waals surface area contributed by atoms with Gasteiger partial charge in [-0.15, -0.1) is 11.3 Å². The van der Waals surface area contributed by atoms with Gasteiger partial charge in [0.15, 0.2) is 0 Å². The molecule has 0 atom stereocenters. The number of oxazole rings is 1. The molecule has 1 saturated carbocycles. The Morgan fingerprint density at radius 1 is 1.13 bits per heavy atom. The van der Waals surface area contributed by atoms with E-state index < -0.39 is 0 Å². The highest BCUT2D eigenvalue weighted by molar-refractivity contribution is 7.17. The molecule has 2 aromatic heterocycles. The van der Waals surface area contributed by atoms with Gasteiger partial charge in [-0.2, -0.15) is 0 Å². The predicted molar refractivity (Wildman–Crippen MR) is 125 cm³/mol. The number of nitrogens with one attached hydrogen (secondary N) is 1. The first-order valence-electron chi connectivity index (χ1n) is 11.4. The molecule has 6 nitrogen and oxygen atoms in total. The van der Waals surface area contributed by atoms with E-state index in [1.807, 2.05) is 11.3 Å². The molecule has 1 aliphatic heterocycles. The molecule has 1 aliphatic carbocycles. The number of piperazine rings is 1. The second-order valence-corrected chi connectivity index (χ2v) is 9.70. The van der Waals surface area contributed by atoms with E-state index >= 15 is 0 Å². The number of benzene rings is 1. The highest BCUT2D eigenvalue weighted by Crippen LogP contribution is 2.31. The maximum Gasteiger partial charge on any atom is 0.307 e. The van der Waals surface area contributed by atoms with E-state index in [0.29, 0.717) is 0 Å². The monoisotopic (exact) mass is 438 g/mol. The summed E-state index contributed by atoms with van der Waals surface area (Å²) in [5.41, 5.74) is 1.39. The number of thiophene rings is 1. The van der Waals surface area contributed by atoms with E-state index in [1.54, 1.807) is 0 Å². The molecule has 5 rings (SSSR count). The zero-order valence-corrected chi connectivity index (χ0v) is 18.7. The molecule has 3 aromatic rings. The Bertz CT molecular complexity index is 986. The van der Waals surface area contributed by atoms with Crippen LogP contribution in [0.25, 0.3) is 10.1 Å². The number of amides is 1. The van der Waals surface area contributed by atoms with Crippen LogP contribution in [0.2, 0.25) is 0 Å². The Morgan fingerprint density at radius 3 is 2.74 bits per heavy atom. The van der Waals surface area contributed by atoms with Gasteiger partial charge >= 0.3 is 5.91 Å². The Hall–Kier alpha value is -2.38. The van der Waals surface area contributed by atoms with Crippen molar-refractivity contribution in [2.24, 2.45) is 5.92 Å². The van der Waals surface area contributed by atoms with E-state index in [2.05, 4.69) is 49.7 Å². The van der Waals surface area contributed by atoms with Crippen LogP contribution in [0.3, 0.4) is 0 Å². The number of hydrogen-bond donors (Lipinski definition) is 1. The third-order valence-corrected chi connectivity index (χ3v) is 7.73. The van der Waals surface area contributed by atoms with E-state index in [4.69, 9.17) is 4.42 Å². The first kappa shape index (κ1) is 20.5. The Balaban J connectivity index is 1.03. The fraction of sp³-hybridized carbons (Fsp3) is 0.500. The normalized spacial score (nSPS) is 22.6. The van der Waals surface area contributed by atoms with Crippen LogP contribution in [0.15, 0.2) is 46.5 Å². The topological polar surface area (TPSA) is 61.6 Å². The van der Waals surface area contributed by atoms with Crippen molar-refractivity contribution < 1.29 is 9.21 Å². The Kier molecular flexibility index (Phi) is 6.22. The lowest BCUT2D eigenvalue weighted by atomic mass is 9.84. The molecule has 2 aliphatic rings. The average molecular weight is 439 g/mol. The molecule has 1 saturated heterocycles. The van der Waals surface area contributed by atoms with Crippen molar-refractivity contribution in [3.05, 3.63) is 48.0 Å². The van der Waals surface area contributed by atoms with Crippen molar-refractivity contribution in [1.82, 2.24) is 15.2 Å². The molecule has 3 heterocycles. The highest BCUT2D eigenvalue weighted by atomic mass is 32.1. The Labute approximate surface area is 187 Å². The summed E-state index contributed by atoms with van der Waals surface area (Å²) in [6, 6.07) is 9.17. The van der Waals surface area contributed by atoms with Crippen molar-refractivity contribution in [2.75, 3.05) is 37.6 Å². The zero-order valence-electron chi connectivity index (χ0n) is 17.8. The summed E-state index contributed by atoms with van der Waals surface area (Å²) in [4.78, 5) is 21.2. The standard InChI is InChI=1S/C24H30N4O2S/c29-23(24-25-10-16-30-24)26-19-6-4-18(5-7-19)8-11-27-12-14-28(15-13-27)21-2-1-3-22-20(21)9-17-31-22/h1-3,9-10,16-19H,4-8,11-15H2,(H,26,29)/t18-,19-. The van der Waals surface area contributed by atoms with Gasteiger partial charge in [0.2, 0.25) is 0 Å². The van der Waals surface area contributed by atoms with Crippen LogP contribution in [-0.2, 0) is 0 Å². The first-order chi connectivity index (χ1) is 15.3. The van der Waals surface area contributed by atoms with Gasteiger partial charge in [0.05, 0.1) is 6.20 Å². The van der Waals surface area contributed by atoms with Crippen LogP contribution < -0.4 is 10.2 Å². The van der Waals surface area contributed by atoms with E-state index in [0.717, 1.165) is 44.9 Å². The van der Waals surface area contributed by atoms with Gasteiger partial charge in [-0.05, 0) is 68.1 Å². The van der Waals surface area contributed by atoms with Crippen LogP contribution in [0.1, 0.15) is 42.8 Å². The van der Waals surface area contributed by atoms with Crippen LogP contribution in [0.5, 0.6) is 0 Å². The molecule has 1 aromatic carbocycles. The van der Waals surface area contributed by atoms with Gasteiger partial charge in [0, 0.05) is 48.0 Å². The molecule has 1 amide bonds. The largest absolute Gasteiger partial charge is 0.441 e. The molecule has 0 spiro atoms. The number of nitrogens with zero attached hydrogens (tertiary/aromatic N) is 3. The molecule has 1 N–H and O–H groups in total. The van der Waals surface area contributed by atoms with E-state index in [9.17, 15) is 4.79 Å². The van der Waals surface area contributed by atoms with Crippen molar-refractivity contribution in [2.45, 2.75) is 38.1 Å². The number of aromatic nitrogens is 1. The molecule has 0 radical (unpaired) electrons. The number of anilines is 1. The quantitative estimate of drug-likeness (QED) is 0.618. The molecular formula is C24H30N4O2S. The zero-order chi connectivity index (χ0) is 21.0. The molecule has 2 fully saturated rings. The SMILES string of the molecule is O=C(N[C@H]1CC[C@H](CCN2CCN(c3cccc4sccc34)CC2)CC1)c1ncco1. The number of carbonyl (C=O) groups is 1. The van der Waals surface area contributed by atoms with Gasteiger partial charge in [-0.25, -0.2) is 4.98 Å². The third-order valence-electron chi connectivity index (χ3n) is 6.85. The smallest absolute Gasteiger partial charge is 0.307 e. The van der Waals surface area contributed by atoms with Gasteiger partial charge in [0.25, 0.3) is 5.89 Å². The van der Waals surface area contributed by atoms with Crippen molar-refractivity contribution in [3.63, 3.8) is 0 Å². The molecule has 0 bridgehead atoms. The molecule has 7 heteroatoms. The maximum atomic E-state index is 12.1. The maximum absolute atomic E-state index is 12.1. The summed E-state index contributed by atoms with van der Waals surface area (Å²) in [6.07, 6.45) is 8.70. The summed E-state index contributed by atoms with van der Waals surface area (Å²) in [6.45, 7) is 5.68. The minimum Gasteiger partial charge on any atom is -0.441 e. The second kappa shape index (κ2) is 9.40. The fourth-order valence-corrected chi connectivity index (χ4v) is 5.82. The highest BCUT2D eigenvalue weighted by Gasteiger charge is 2.25. The fourth-order valence-electron chi connectivity index (χ4n) is 5.01. The molecular weight excluding hydrogens is 408 g/mol. The van der Waals surface area contributed by atoms with Crippen LogP contribution in [0.4, 0.5) is 5.69 Å². The van der Waals surface area contributed by atoms with Gasteiger partial charge < -0.3 is 14.6 Å². The number of fused-ring (bicyclic) bond motifs is 1. The summed E-state index contributed by atoms with van der Waals surface area (Å²) < 4.78 is 6.47. The van der Waals surface area contributed by atoms with Gasteiger partial charge in [-0.3, -0.25) is 9.69 Å². The van der Waals surface area contributed by atoms with Crippen molar-refractivity contribution in [3.8, 4) is 0 Å². The lowest BCUT2D eigenvalue weighted by Gasteiger charge is -2.37. The summed E-state index contributed by atoms with van der Waals surface area (Å²) in [7, 11) is 0. The van der Waals surface area contributed by atoms with Crippen LogP contribution in [0, 0.1) is 5.92 Å². The molecule has 164 valence electrons. The number of rotatable bonds is 6. The number of carbonyl (C=O) groups excluding carboxylic acids is 1. The summed E-state index contributed by atoms with van der Waals surface area (Å²) in [5, 5.41) is 6.66. The number of hydrogen-bond acceptors (Lipinski definition) is 6. The van der Waals surface area contributed by atoms with E-state index in [-0.39, 0.29) is 17.8 Å². The minimum atomic E-state index is -0.190. The lowest BCUT2D eigenvalue weighted by Crippen LogP contribution is -2.47. The predicted octanol–water partition coefficient (Wildman–Crippen LogP) is 4.39. The van der Waals surface area contributed by atoms with Gasteiger partial charge in [-0.1, -0.05) is 6.07 Å². The third kappa shape index (κ3) is 4.77. The Morgan fingerprint density at radius 2 is 1.97 bits per heavy atom. The second-order valence-electron chi connectivity index (χ2n) is 8.76. The van der Waals surface area contributed by atoms with Crippen LogP contribution in [-0.4, -0.2) is 54.6 Å². The lowest BCUT2D eigenvalue weighted by molar-refractivity contribution is 0.0884.